The SMILES string of the molecule is Clc1ccc(OCc2ccccn2)c(Br)c1. The average molecular weight is 299 g/mol. The topological polar surface area (TPSA) is 22.1 Å². The van der Waals surface area contributed by atoms with Gasteiger partial charge in [0.25, 0.3) is 0 Å². The fraction of sp³-hybridized carbons (Fsp3) is 0.0833. The van der Waals surface area contributed by atoms with Gasteiger partial charge in [0.1, 0.15) is 12.4 Å². The number of rotatable bonds is 3. The third-order valence-corrected chi connectivity index (χ3v) is 2.85. The maximum Gasteiger partial charge on any atom is 0.134 e. The zero-order valence-corrected chi connectivity index (χ0v) is 10.7. The Kier molecular flexibility index (Phi) is 3.80. The number of halogens is 2. The van der Waals surface area contributed by atoms with E-state index in [0.29, 0.717) is 11.6 Å². The van der Waals surface area contributed by atoms with E-state index in [1.807, 2.05) is 24.3 Å². The van der Waals surface area contributed by atoms with Crippen LogP contribution < -0.4 is 4.74 Å². The summed E-state index contributed by atoms with van der Waals surface area (Å²) in [7, 11) is 0. The van der Waals surface area contributed by atoms with Gasteiger partial charge in [-0.2, -0.15) is 0 Å². The van der Waals surface area contributed by atoms with Crippen LogP contribution in [-0.2, 0) is 6.61 Å². The molecule has 82 valence electrons. The van der Waals surface area contributed by atoms with E-state index in [2.05, 4.69) is 20.9 Å². The Labute approximate surface area is 107 Å². The Morgan fingerprint density at radius 1 is 1.25 bits per heavy atom. The number of aromatic nitrogens is 1. The van der Waals surface area contributed by atoms with Crippen molar-refractivity contribution < 1.29 is 4.74 Å². The first kappa shape index (κ1) is 11.4. The molecule has 4 heteroatoms. The molecule has 2 aromatic rings. The van der Waals surface area contributed by atoms with E-state index in [4.69, 9.17) is 16.3 Å². The number of nitrogens with zero attached hydrogens (tertiary/aromatic N) is 1. The van der Waals surface area contributed by atoms with E-state index < -0.39 is 0 Å². The molecular weight excluding hydrogens is 289 g/mol. The summed E-state index contributed by atoms with van der Waals surface area (Å²) >= 11 is 9.23. The summed E-state index contributed by atoms with van der Waals surface area (Å²) in [6.45, 7) is 0.446. The van der Waals surface area contributed by atoms with Gasteiger partial charge in [-0.3, -0.25) is 4.98 Å². The fourth-order valence-corrected chi connectivity index (χ4v) is 2.02. The Morgan fingerprint density at radius 3 is 2.81 bits per heavy atom. The third kappa shape index (κ3) is 2.97. The second-order valence-corrected chi connectivity index (χ2v) is 4.48. The van der Waals surface area contributed by atoms with Gasteiger partial charge >= 0.3 is 0 Å². The van der Waals surface area contributed by atoms with Crippen LogP contribution in [-0.4, -0.2) is 4.98 Å². The smallest absolute Gasteiger partial charge is 0.134 e. The number of benzene rings is 1. The molecule has 0 amide bonds. The summed E-state index contributed by atoms with van der Waals surface area (Å²) in [6.07, 6.45) is 1.75. The van der Waals surface area contributed by atoms with Crippen molar-refractivity contribution in [3.63, 3.8) is 0 Å². The minimum absolute atomic E-state index is 0.446. The van der Waals surface area contributed by atoms with Gasteiger partial charge in [-0.1, -0.05) is 17.7 Å². The fourth-order valence-electron chi connectivity index (χ4n) is 1.23. The molecule has 0 unspecified atom stereocenters. The van der Waals surface area contributed by atoms with Crippen LogP contribution >= 0.6 is 27.5 Å². The second kappa shape index (κ2) is 5.32. The van der Waals surface area contributed by atoms with Crippen molar-refractivity contribution in [1.82, 2.24) is 4.98 Å². The molecule has 2 nitrogen and oxygen atoms in total. The van der Waals surface area contributed by atoms with Crippen molar-refractivity contribution in [2.45, 2.75) is 6.61 Å². The molecule has 0 saturated heterocycles. The Hall–Kier alpha value is -1.06. The molecule has 0 radical (unpaired) electrons. The van der Waals surface area contributed by atoms with E-state index in [0.717, 1.165) is 15.9 Å². The van der Waals surface area contributed by atoms with Gasteiger partial charge in [0.05, 0.1) is 10.2 Å². The van der Waals surface area contributed by atoms with Crippen LogP contribution in [0.2, 0.25) is 5.02 Å². The van der Waals surface area contributed by atoms with Gasteiger partial charge in [-0.05, 0) is 46.3 Å². The van der Waals surface area contributed by atoms with Gasteiger partial charge in [0.15, 0.2) is 0 Å². The number of hydrogen-bond donors (Lipinski definition) is 0. The lowest BCUT2D eigenvalue weighted by Crippen LogP contribution is -1.97. The summed E-state index contributed by atoms with van der Waals surface area (Å²) in [5, 5.41) is 0.678. The quantitative estimate of drug-likeness (QED) is 0.852. The lowest BCUT2D eigenvalue weighted by molar-refractivity contribution is 0.299. The predicted molar refractivity (Wildman–Crippen MR) is 67.7 cm³/mol. The molecule has 0 aliphatic carbocycles. The Bertz CT molecular complexity index is 476. The molecule has 2 rings (SSSR count). The third-order valence-electron chi connectivity index (χ3n) is 2.00. The highest BCUT2D eigenvalue weighted by atomic mass is 79.9. The molecule has 0 atom stereocenters. The molecule has 0 saturated carbocycles. The first-order valence-electron chi connectivity index (χ1n) is 4.73. The molecule has 1 aromatic carbocycles. The number of pyridine rings is 1. The molecule has 0 bridgehead atoms. The molecule has 16 heavy (non-hydrogen) atoms. The van der Waals surface area contributed by atoms with E-state index >= 15 is 0 Å². The van der Waals surface area contributed by atoms with E-state index in [-0.39, 0.29) is 0 Å². The zero-order valence-electron chi connectivity index (χ0n) is 8.36. The predicted octanol–water partition coefficient (Wildman–Crippen LogP) is 4.08. The van der Waals surface area contributed by atoms with Crippen LogP contribution in [0.5, 0.6) is 5.75 Å². The maximum atomic E-state index is 5.84. The van der Waals surface area contributed by atoms with Crippen molar-refractivity contribution in [2.75, 3.05) is 0 Å². The first-order chi connectivity index (χ1) is 7.75. The Morgan fingerprint density at radius 2 is 2.12 bits per heavy atom. The summed E-state index contributed by atoms with van der Waals surface area (Å²) in [4.78, 5) is 4.17. The average Bonchev–Trinajstić information content (AvgIpc) is 2.29. The van der Waals surface area contributed by atoms with Crippen LogP contribution in [0.15, 0.2) is 47.1 Å². The standard InChI is InChI=1S/C12H9BrClNO/c13-11-7-9(14)4-5-12(11)16-8-10-3-1-2-6-15-10/h1-7H,8H2. The van der Waals surface area contributed by atoms with Crippen molar-refractivity contribution in [3.8, 4) is 5.75 Å². The largest absolute Gasteiger partial charge is 0.486 e. The molecule has 0 aliphatic rings. The molecule has 0 spiro atoms. The van der Waals surface area contributed by atoms with Crippen molar-refractivity contribution in [1.29, 1.82) is 0 Å². The van der Waals surface area contributed by atoms with Crippen LogP contribution in [0.3, 0.4) is 0 Å². The molecule has 1 aromatic heterocycles. The highest BCUT2D eigenvalue weighted by Gasteiger charge is 2.02. The van der Waals surface area contributed by atoms with Gasteiger partial charge in [-0.15, -0.1) is 0 Å². The van der Waals surface area contributed by atoms with Crippen LogP contribution in [0.1, 0.15) is 5.69 Å². The highest BCUT2D eigenvalue weighted by Crippen LogP contribution is 2.28. The first-order valence-corrected chi connectivity index (χ1v) is 5.90. The molecular formula is C12H9BrClNO. The lowest BCUT2D eigenvalue weighted by Gasteiger charge is -2.07. The molecule has 0 fully saturated rings. The summed E-state index contributed by atoms with van der Waals surface area (Å²) < 4.78 is 6.45. The lowest BCUT2D eigenvalue weighted by atomic mass is 10.3. The molecule has 0 aliphatic heterocycles. The number of ether oxygens (including phenoxy) is 1. The van der Waals surface area contributed by atoms with Crippen LogP contribution in [0, 0.1) is 0 Å². The van der Waals surface area contributed by atoms with Gasteiger partial charge in [0, 0.05) is 11.2 Å². The van der Waals surface area contributed by atoms with Gasteiger partial charge in [0.2, 0.25) is 0 Å². The second-order valence-electron chi connectivity index (χ2n) is 3.18. The molecule has 0 N–H and O–H groups in total. The van der Waals surface area contributed by atoms with E-state index in [9.17, 15) is 0 Å². The van der Waals surface area contributed by atoms with E-state index in [1.165, 1.54) is 0 Å². The summed E-state index contributed by atoms with van der Waals surface area (Å²) in [6, 6.07) is 11.2. The number of hydrogen-bond acceptors (Lipinski definition) is 2. The van der Waals surface area contributed by atoms with Crippen LogP contribution in [0.4, 0.5) is 0 Å². The van der Waals surface area contributed by atoms with E-state index in [1.54, 1.807) is 18.3 Å². The van der Waals surface area contributed by atoms with Gasteiger partial charge < -0.3 is 4.74 Å². The zero-order chi connectivity index (χ0) is 11.4. The summed E-state index contributed by atoms with van der Waals surface area (Å²) in [5.74, 6) is 0.759. The monoisotopic (exact) mass is 297 g/mol. The molecule has 1 heterocycles. The maximum absolute atomic E-state index is 5.84. The Balaban J connectivity index is 2.05. The minimum Gasteiger partial charge on any atom is -0.486 e. The van der Waals surface area contributed by atoms with Crippen molar-refractivity contribution >= 4 is 27.5 Å². The van der Waals surface area contributed by atoms with Crippen LogP contribution in [0.25, 0.3) is 0 Å². The van der Waals surface area contributed by atoms with Crippen molar-refractivity contribution in [3.05, 3.63) is 57.8 Å². The highest BCUT2D eigenvalue weighted by molar-refractivity contribution is 9.10. The summed E-state index contributed by atoms with van der Waals surface area (Å²) in [5.41, 5.74) is 0.893. The minimum atomic E-state index is 0.446. The van der Waals surface area contributed by atoms with Gasteiger partial charge in [-0.25, -0.2) is 0 Å². The van der Waals surface area contributed by atoms with Crippen molar-refractivity contribution in [2.24, 2.45) is 0 Å². The normalized spacial score (nSPS) is 10.1.